The van der Waals surface area contributed by atoms with Gasteiger partial charge in [0, 0.05) is 44.2 Å². The second-order valence-corrected chi connectivity index (χ2v) is 18.5. The van der Waals surface area contributed by atoms with E-state index < -0.39 is 120 Å². The lowest BCUT2D eigenvalue weighted by Crippen LogP contribution is -2.62. The molecule has 22 nitrogen and oxygen atoms in total. The number of nitrogens with two attached hydrogens (primary N) is 1. The van der Waals surface area contributed by atoms with Crippen molar-refractivity contribution in [2.75, 3.05) is 13.1 Å². The highest BCUT2D eigenvalue weighted by atomic mass is 16.4. The van der Waals surface area contributed by atoms with E-state index in [1.807, 2.05) is 0 Å². The molecule has 3 aromatic rings. The third-order valence-corrected chi connectivity index (χ3v) is 12.9. The molecule has 2 aliphatic heterocycles. The molecule has 2 saturated heterocycles. The quantitative estimate of drug-likeness (QED) is 0.0571. The molecule has 0 saturated carbocycles. The summed E-state index contributed by atoms with van der Waals surface area (Å²) in [6.45, 7) is 7.14. The van der Waals surface area contributed by atoms with Crippen molar-refractivity contribution in [3.05, 3.63) is 83.9 Å². The molecule has 0 radical (unpaired) electrons. The third-order valence-electron chi connectivity index (χ3n) is 12.9. The first-order valence-electron chi connectivity index (χ1n) is 23.9. The summed E-state index contributed by atoms with van der Waals surface area (Å²) < 4.78 is 0. The number of carbonyl (C=O) groups excluding carboxylic acids is 7. The topological polar surface area (TPSA) is 336 Å². The standard InChI is InChI=1S/C49H66N10O12/c1-5-28(4)41(46(67)54-35(23-31-25-51-26-52-31)48(69)59-20-10-13-37(59)43(64)55-36(49(70)71)22-29-11-7-6-8-12-29)57-42(63)34(21-30-15-17-32(60)18-16-30)53-45(66)40(27(2)3)56-44(65)38-14-9-19-58(38)47(68)33(50)24-39(61)62/h6-8,11-12,15-18,25-28,33-38,40-41,60H,5,9-10,13-14,19-24,50H2,1-4H3,(H,51,52)(H,53,66)(H,54,67)(H,55,64)(H,56,65)(H,57,63)(H,61,62)(H,70,71)/t28-,33-,34-,35-,36-,37-,38-,40-,41-/m0/s1. The first-order chi connectivity index (χ1) is 33.8. The van der Waals surface area contributed by atoms with Gasteiger partial charge in [-0.25, -0.2) is 9.78 Å². The van der Waals surface area contributed by atoms with Crippen molar-refractivity contribution in [3.63, 3.8) is 0 Å². The fourth-order valence-electron chi connectivity index (χ4n) is 8.77. The minimum absolute atomic E-state index is 0.00929. The van der Waals surface area contributed by atoms with Gasteiger partial charge in [-0.1, -0.05) is 76.6 Å². The van der Waals surface area contributed by atoms with Crippen LogP contribution in [-0.4, -0.2) is 150 Å². The highest BCUT2D eigenvalue weighted by Gasteiger charge is 2.42. The predicted molar refractivity (Wildman–Crippen MR) is 256 cm³/mol. The number of H-pyrrole nitrogens is 1. The van der Waals surface area contributed by atoms with Crippen LogP contribution in [0.2, 0.25) is 0 Å². The number of carboxylic acid groups (broad SMARTS) is 2. The Labute approximate surface area is 411 Å². The lowest BCUT2D eigenvalue weighted by molar-refractivity contribution is -0.145. The van der Waals surface area contributed by atoms with E-state index >= 15 is 0 Å². The summed E-state index contributed by atoms with van der Waals surface area (Å²) in [6, 6.07) is 4.76. The van der Waals surface area contributed by atoms with Crippen LogP contribution >= 0.6 is 0 Å². The first kappa shape index (κ1) is 54.6. The summed E-state index contributed by atoms with van der Waals surface area (Å²) in [7, 11) is 0. The SMILES string of the molecule is CC[C@H](C)[C@H](NC(=O)[C@H](Cc1ccc(O)cc1)NC(=O)[C@@H](NC(=O)[C@@H]1CCCN1C(=O)[C@@H](N)CC(=O)O)C(C)C)C(=O)N[C@@H](Cc1cnc[nH]1)C(=O)N1CCC[C@H]1C(=O)N[C@@H](Cc1ccccc1)C(=O)O. The summed E-state index contributed by atoms with van der Waals surface area (Å²) in [5, 5.41) is 42.8. The van der Waals surface area contributed by atoms with Crippen LogP contribution in [0.15, 0.2) is 67.1 Å². The Bertz CT molecular complexity index is 2350. The summed E-state index contributed by atoms with van der Waals surface area (Å²) in [5.41, 5.74) is 7.52. The Balaban J connectivity index is 1.35. The number of benzene rings is 2. The minimum atomic E-state index is -1.38. The molecule has 71 heavy (non-hydrogen) atoms. The molecule has 9 atom stereocenters. The number of imidazole rings is 1. The van der Waals surface area contributed by atoms with Crippen molar-refractivity contribution >= 4 is 53.3 Å². The molecule has 11 N–H and O–H groups in total. The van der Waals surface area contributed by atoms with E-state index in [0.29, 0.717) is 36.1 Å². The first-order valence-corrected chi connectivity index (χ1v) is 23.9. The molecular formula is C49H66N10O12. The molecule has 5 rings (SSSR count). The lowest BCUT2D eigenvalue weighted by Gasteiger charge is -2.32. The monoisotopic (exact) mass is 986 g/mol. The van der Waals surface area contributed by atoms with Crippen molar-refractivity contribution in [2.45, 2.75) is 134 Å². The van der Waals surface area contributed by atoms with E-state index in [9.17, 15) is 53.4 Å². The maximum atomic E-state index is 14.5. The van der Waals surface area contributed by atoms with Gasteiger partial charge in [0.1, 0.15) is 48.0 Å². The minimum Gasteiger partial charge on any atom is -0.508 e. The van der Waals surface area contributed by atoms with E-state index in [-0.39, 0.29) is 50.9 Å². The zero-order valence-corrected chi connectivity index (χ0v) is 40.3. The van der Waals surface area contributed by atoms with Gasteiger partial charge in [-0.3, -0.25) is 38.4 Å². The Hall–Kier alpha value is -7.36. The third kappa shape index (κ3) is 15.1. The molecule has 0 bridgehead atoms. The zero-order valence-electron chi connectivity index (χ0n) is 40.3. The Morgan fingerprint density at radius 1 is 0.690 bits per heavy atom. The van der Waals surface area contributed by atoms with E-state index in [1.54, 1.807) is 70.2 Å². The number of rotatable bonds is 24. The molecule has 0 aliphatic carbocycles. The van der Waals surface area contributed by atoms with Gasteiger partial charge in [-0.15, -0.1) is 0 Å². The molecular weight excluding hydrogens is 921 g/mol. The number of hydrogen-bond acceptors (Lipinski definition) is 12. The second kappa shape index (κ2) is 25.5. The van der Waals surface area contributed by atoms with Crippen LogP contribution in [0.4, 0.5) is 0 Å². The fraction of sp³-hybridized carbons (Fsp3) is 0.510. The highest BCUT2D eigenvalue weighted by molar-refractivity contribution is 5.98. The van der Waals surface area contributed by atoms with Gasteiger partial charge in [-0.2, -0.15) is 0 Å². The molecule has 0 spiro atoms. The number of aromatic amines is 1. The van der Waals surface area contributed by atoms with E-state index in [1.165, 1.54) is 34.5 Å². The molecule has 2 aromatic carbocycles. The normalized spacial score (nSPS) is 18.5. The molecule has 2 fully saturated rings. The highest BCUT2D eigenvalue weighted by Crippen LogP contribution is 2.23. The molecule has 22 heteroatoms. The van der Waals surface area contributed by atoms with Crippen LogP contribution in [0, 0.1) is 11.8 Å². The molecule has 2 aliphatic rings. The van der Waals surface area contributed by atoms with Crippen molar-refractivity contribution in [3.8, 4) is 5.75 Å². The predicted octanol–water partition coefficient (Wildman–Crippen LogP) is 0.138. The van der Waals surface area contributed by atoms with Gasteiger partial charge in [0.15, 0.2) is 0 Å². The molecule has 7 amide bonds. The Morgan fingerprint density at radius 3 is 1.82 bits per heavy atom. The number of nitrogens with zero attached hydrogens (tertiary/aromatic N) is 3. The largest absolute Gasteiger partial charge is 0.508 e. The number of likely N-dealkylation sites (tertiary alicyclic amines) is 2. The van der Waals surface area contributed by atoms with Gasteiger partial charge in [0.05, 0.1) is 18.8 Å². The summed E-state index contributed by atoms with van der Waals surface area (Å²) in [5.74, 6) is -8.65. The number of aromatic nitrogens is 2. The van der Waals surface area contributed by atoms with Crippen molar-refractivity contribution < 1.29 is 58.5 Å². The molecule has 0 unspecified atom stereocenters. The van der Waals surface area contributed by atoms with Crippen LogP contribution in [0.1, 0.15) is 83.0 Å². The molecule has 384 valence electrons. The number of phenols is 1. The van der Waals surface area contributed by atoms with Crippen molar-refractivity contribution in [2.24, 2.45) is 17.6 Å². The number of hydrogen-bond donors (Lipinski definition) is 10. The number of aromatic hydroxyl groups is 1. The number of amides is 7. The molecule has 3 heterocycles. The van der Waals surface area contributed by atoms with Crippen molar-refractivity contribution in [1.29, 1.82) is 0 Å². The second-order valence-electron chi connectivity index (χ2n) is 18.5. The lowest BCUT2D eigenvalue weighted by atomic mass is 9.96. The van der Waals surface area contributed by atoms with E-state index in [0.717, 1.165) is 0 Å². The summed E-state index contributed by atoms with van der Waals surface area (Å²) in [4.78, 5) is 131. The van der Waals surface area contributed by atoms with Gasteiger partial charge >= 0.3 is 11.9 Å². The Kier molecular flexibility index (Phi) is 19.6. The van der Waals surface area contributed by atoms with Gasteiger partial charge < -0.3 is 62.4 Å². The average Bonchev–Trinajstić information content (AvgIpc) is 4.15. The van der Waals surface area contributed by atoms with Crippen LogP contribution < -0.4 is 32.3 Å². The van der Waals surface area contributed by atoms with Crippen LogP contribution in [0.25, 0.3) is 0 Å². The molecule has 1 aromatic heterocycles. The fourth-order valence-corrected chi connectivity index (χ4v) is 8.77. The van der Waals surface area contributed by atoms with Crippen LogP contribution in [0.5, 0.6) is 5.75 Å². The number of aliphatic carboxylic acids is 2. The number of carbonyl (C=O) groups is 9. The Morgan fingerprint density at radius 2 is 1.25 bits per heavy atom. The van der Waals surface area contributed by atoms with E-state index in [4.69, 9.17) is 10.8 Å². The smallest absolute Gasteiger partial charge is 0.326 e. The summed E-state index contributed by atoms with van der Waals surface area (Å²) in [6.07, 6.45) is 3.72. The van der Waals surface area contributed by atoms with Gasteiger partial charge in [0.25, 0.3) is 0 Å². The maximum Gasteiger partial charge on any atom is 0.326 e. The van der Waals surface area contributed by atoms with Gasteiger partial charge in [-0.05, 0) is 60.8 Å². The average molecular weight is 987 g/mol. The summed E-state index contributed by atoms with van der Waals surface area (Å²) >= 11 is 0. The van der Waals surface area contributed by atoms with Crippen molar-refractivity contribution in [1.82, 2.24) is 46.4 Å². The zero-order chi connectivity index (χ0) is 51.9. The maximum absolute atomic E-state index is 14.5. The number of carboxylic acids is 2. The van der Waals surface area contributed by atoms with Gasteiger partial charge in [0.2, 0.25) is 41.4 Å². The van der Waals surface area contributed by atoms with Crippen LogP contribution in [-0.2, 0) is 62.4 Å². The van der Waals surface area contributed by atoms with Crippen LogP contribution in [0.3, 0.4) is 0 Å². The number of nitrogens with one attached hydrogen (secondary N) is 6. The number of phenolic OH excluding ortho intramolecular Hbond substituents is 1. The van der Waals surface area contributed by atoms with E-state index in [2.05, 4.69) is 36.6 Å².